The van der Waals surface area contributed by atoms with Gasteiger partial charge in [-0.25, -0.2) is 0 Å². The van der Waals surface area contributed by atoms with Gasteiger partial charge in [-0.15, -0.1) is 0 Å². The van der Waals surface area contributed by atoms with Gasteiger partial charge in [-0.1, -0.05) is 54.9 Å². The Hall–Kier alpha value is -0.960. The van der Waals surface area contributed by atoms with Crippen molar-refractivity contribution in [3.05, 3.63) is 58.6 Å². The molecule has 3 heteroatoms. The molecule has 1 heterocycles. The van der Waals surface area contributed by atoms with Crippen molar-refractivity contribution in [2.45, 2.75) is 42.0 Å². The lowest BCUT2D eigenvalue weighted by Gasteiger charge is -2.19. The van der Waals surface area contributed by atoms with Crippen LogP contribution in [0.15, 0.2) is 52.3 Å². The number of benzene rings is 2. The maximum atomic E-state index is 6.19. The Balaban J connectivity index is 1.95. The zero-order chi connectivity index (χ0) is 14.7. The van der Waals surface area contributed by atoms with E-state index in [1.165, 1.54) is 33.8 Å². The SMILES string of the molecule is CCCCN[C@@H]1Cc2cc(Cl)ccc2Sc2ccccc21. The van der Waals surface area contributed by atoms with Gasteiger partial charge in [0.25, 0.3) is 0 Å². The first-order chi connectivity index (χ1) is 10.3. The molecule has 0 aliphatic carbocycles. The molecule has 21 heavy (non-hydrogen) atoms. The van der Waals surface area contributed by atoms with Crippen LogP contribution in [0.4, 0.5) is 0 Å². The first kappa shape index (κ1) is 15.0. The maximum absolute atomic E-state index is 6.19. The van der Waals surface area contributed by atoms with Gasteiger partial charge in [-0.2, -0.15) is 0 Å². The van der Waals surface area contributed by atoms with Gasteiger partial charge in [0.2, 0.25) is 0 Å². The first-order valence-electron chi connectivity index (χ1n) is 7.56. The second kappa shape index (κ2) is 6.87. The van der Waals surface area contributed by atoms with Crippen LogP contribution >= 0.6 is 23.4 Å². The molecule has 1 aliphatic heterocycles. The van der Waals surface area contributed by atoms with Crippen molar-refractivity contribution in [3.8, 4) is 0 Å². The summed E-state index contributed by atoms with van der Waals surface area (Å²) in [5, 5.41) is 4.55. The van der Waals surface area contributed by atoms with Gasteiger partial charge < -0.3 is 5.32 Å². The molecular formula is C18H20ClNS. The van der Waals surface area contributed by atoms with E-state index < -0.39 is 0 Å². The molecule has 0 fully saturated rings. The zero-order valence-corrected chi connectivity index (χ0v) is 13.8. The highest BCUT2D eigenvalue weighted by Crippen LogP contribution is 2.41. The number of nitrogens with one attached hydrogen (secondary N) is 1. The first-order valence-corrected chi connectivity index (χ1v) is 8.76. The van der Waals surface area contributed by atoms with Gasteiger partial charge in [0.15, 0.2) is 0 Å². The second-order valence-electron chi connectivity index (χ2n) is 5.46. The van der Waals surface area contributed by atoms with Crippen LogP contribution in [0.3, 0.4) is 0 Å². The molecule has 1 N–H and O–H groups in total. The summed E-state index contributed by atoms with van der Waals surface area (Å²) in [6, 6.07) is 15.4. The minimum Gasteiger partial charge on any atom is -0.310 e. The van der Waals surface area contributed by atoms with Crippen LogP contribution in [-0.2, 0) is 6.42 Å². The predicted molar refractivity (Wildman–Crippen MR) is 91.4 cm³/mol. The van der Waals surface area contributed by atoms with Gasteiger partial charge in [0.1, 0.15) is 0 Å². The molecule has 3 rings (SSSR count). The molecule has 0 bridgehead atoms. The second-order valence-corrected chi connectivity index (χ2v) is 6.98. The molecule has 110 valence electrons. The van der Waals surface area contributed by atoms with Crippen LogP contribution in [0.25, 0.3) is 0 Å². The van der Waals surface area contributed by atoms with Crippen molar-refractivity contribution in [2.75, 3.05) is 6.54 Å². The molecule has 1 atom stereocenters. The maximum Gasteiger partial charge on any atom is 0.0409 e. The van der Waals surface area contributed by atoms with E-state index >= 15 is 0 Å². The summed E-state index contributed by atoms with van der Waals surface area (Å²) in [6.45, 7) is 3.30. The van der Waals surface area contributed by atoms with Crippen molar-refractivity contribution >= 4 is 23.4 Å². The van der Waals surface area contributed by atoms with Crippen LogP contribution in [0, 0.1) is 0 Å². The molecule has 1 aliphatic rings. The lowest BCUT2D eigenvalue weighted by molar-refractivity contribution is 0.511. The number of rotatable bonds is 4. The number of hydrogen-bond donors (Lipinski definition) is 1. The zero-order valence-electron chi connectivity index (χ0n) is 12.2. The van der Waals surface area contributed by atoms with E-state index in [1.807, 2.05) is 17.8 Å². The predicted octanol–water partition coefficient (Wildman–Crippen LogP) is 5.48. The lowest BCUT2D eigenvalue weighted by atomic mass is 9.98. The smallest absolute Gasteiger partial charge is 0.0409 e. The van der Waals surface area contributed by atoms with Crippen molar-refractivity contribution in [3.63, 3.8) is 0 Å². The molecule has 0 spiro atoms. The van der Waals surface area contributed by atoms with Crippen LogP contribution < -0.4 is 5.32 Å². The molecule has 2 aromatic carbocycles. The van der Waals surface area contributed by atoms with Gasteiger partial charge in [0, 0.05) is 20.9 Å². The topological polar surface area (TPSA) is 12.0 Å². The highest BCUT2D eigenvalue weighted by atomic mass is 35.5. The standard InChI is InChI=1S/C18H20ClNS/c1-2-3-10-20-16-12-13-11-14(19)8-9-17(13)21-18-7-5-4-6-15(16)18/h4-9,11,16,20H,2-3,10,12H2,1H3/t16-/m1/s1. The number of unbranched alkanes of at least 4 members (excludes halogenated alkanes) is 1. The van der Waals surface area contributed by atoms with E-state index in [1.54, 1.807) is 0 Å². The van der Waals surface area contributed by atoms with Gasteiger partial charge in [0.05, 0.1) is 0 Å². The molecule has 1 nitrogen and oxygen atoms in total. The largest absolute Gasteiger partial charge is 0.310 e. The Labute approximate surface area is 136 Å². The molecule has 0 saturated carbocycles. The average molecular weight is 318 g/mol. The third kappa shape index (κ3) is 3.45. The summed E-state index contributed by atoms with van der Waals surface area (Å²) in [7, 11) is 0. The van der Waals surface area contributed by atoms with E-state index in [9.17, 15) is 0 Å². The van der Waals surface area contributed by atoms with Crippen LogP contribution in [0.1, 0.15) is 36.9 Å². The fourth-order valence-corrected chi connectivity index (χ4v) is 4.07. The average Bonchev–Trinajstić information content (AvgIpc) is 2.64. The quantitative estimate of drug-likeness (QED) is 0.749. The number of fused-ring (bicyclic) bond motifs is 2. The van der Waals surface area contributed by atoms with E-state index in [4.69, 9.17) is 11.6 Å². The van der Waals surface area contributed by atoms with Gasteiger partial charge in [-0.3, -0.25) is 0 Å². The van der Waals surface area contributed by atoms with E-state index in [-0.39, 0.29) is 0 Å². The van der Waals surface area contributed by atoms with Gasteiger partial charge >= 0.3 is 0 Å². The minimum absolute atomic E-state index is 0.375. The fourth-order valence-electron chi connectivity index (χ4n) is 2.75. The highest BCUT2D eigenvalue weighted by Gasteiger charge is 2.22. The van der Waals surface area contributed by atoms with Crippen molar-refractivity contribution in [1.29, 1.82) is 0 Å². The highest BCUT2D eigenvalue weighted by molar-refractivity contribution is 7.99. The monoisotopic (exact) mass is 317 g/mol. The minimum atomic E-state index is 0.375. The third-order valence-electron chi connectivity index (χ3n) is 3.88. The molecule has 0 saturated heterocycles. The fraction of sp³-hybridized carbons (Fsp3) is 0.333. The Morgan fingerprint density at radius 1 is 1.19 bits per heavy atom. The summed E-state index contributed by atoms with van der Waals surface area (Å²) in [4.78, 5) is 2.68. The number of hydrogen-bond acceptors (Lipinski definition) is 2. The lowest BCUT2D eigenvalue weighted by Crippen LogP contribution is -2.24. The van der Waals surface area contributed by atoms with E-state index in [2.05, 4.69) is 48.6 Å². The molecule has 2 aromatic rings. The Kier molecular flexibility index (Phi) is 4.89. The van der Waals surface area contributed by atoms with Crippen molar-refractivity contribution in [2.24, 2.45) is 0 Å². The summed E-state index contributed by atoms with van der Waals surface area (Å²) >= 11 is 8.04. The van der Waals surface area contributed by atoms with Crippen molar-refractivity contribution in [1.82, 2.24) is 5.32 Å². The van der Waals surface area contributed by atoms with Crippen molar-refractivity contribution < 1.29 is 0 Å². The summed E-state index contributed by atoms with van der Waals surface area (Å²) in [6.07, 6.45) is 3.44. The summed E-state index contributed by atoms with van der Waals surface area (Å²) in [5.41, 5.74) is 2.75. The summed E-state index contributed by atoms with van der Waals surface area (Å²) in [5.74, 6) is 0. The van der Waals surface area contributed by atoms with Crippen LogP contribution in [0.2, 0.25) is 5.02 Å². The van der Waals surface area contributed by atoms with E-state index in [0.717, 1.165) is 18.0 Å². The van der Waals surface area contributed by atoms with E-state index in [0.29, 0.717) is 6.04 Å². The third-order valence-corrected chi connectivity index (χ3v) is 5.33. The summed E-state index contributed by atoms with van der Waals surface area (Å²) < 4.78 is 0. The molecule has 0 aromatic heterocycles. The van der Waals surface area contributed by atoms with Crippen LogP contribution in [-0.4, -0.2) is 6.54 Å². The Morgan fingerprint density at radius 2 is 2.05 bits per heavy atom. The Bertz CT molecular complexity index is 626. The molecule has 0 amide bonds. The molecular weight excluding hydrogens is 298 g/mol. The Morgan fingerprint density at radius 3 is 2.90 bits per heavy atom. The molecule has 0 radical (unpaired) electrons. The number of halogens is 1. The molecule has 0 unspecified atom stereocenters. The normalized spacial score (nSPS) is 17.0. The van der Waals surface area contributed by atoms with Gasteiger partial charge in [-0.05, 0) is 54.8 Å². The van der Waals surface area contributed by atoms with Crippen LogP contribution in [0.5, 0.6) is 0 Å².